The van der Waals surface area contributed by atoms with Gasteiger partial charge in [0.1, 0.15) is 0 Å². The summed E-state index contributed by atoms with van der Waals surface area (Å²) in [6.45, 7) is 9.59. The summed E-state index contributed by atoms with van der Waals surface area (Å²) in [5.41, 5.74) is 3.94. The summed E-state index contributed by atoms with van der Waals surface area (Å²) in [6, 6.07) is 14.2. The van der Waals surface area contributed by atoms with Gasteiger partial charge in [0.05, 0.1) is 36.2 Å². The minimum atomic E-state index is 0.0830. The second-order valence-electron chi connectivity index (χ2n) is 12.3. The fourth-order valence-corrected chi connectivity index (χ4v) is 8.10. The Kier molecular flexibility index (Phi) is 8.24. The average molecular weight is 543 g/mol. The third kappa shape index (κ3) is 5.75. The van der Waals surface area contributed by atoms with Gasteiger partial charge in [-0.15, -0.1) is 0 Å². The largest absolute Gasteiger partial charge is 0.324 e. The molecule has 4 fully saturated rings. The molecule has 3 heterocycles. The Morgan fingerprint density at radius 2 is 1.68 bits per heavy atom. The lowest BCUT2D eigenvalue weighted by Gasteiger charge is -2.58. The molecule has 2 aromatic carbocycles. The third-order valence-corrected chi connectivity index (χ3v) is 11.0. The van der Waals surface area contributed by atoms with E-state index in [1.54, 1.807) is 6.92 Å². The minimum Gasteiger partial charge on any atom is -0.324 e. The van der Waals surface area contributed by atoms with Crippen LogP contribution in [0, 0.1) is 18.3 Å². The number of halogens is 2. The van der Waals surface area contributed by atoms with E-state index in [1.807, 2.05) is 29.2 Å². The van der Waals surface area contributed by atoms with Crippen molar-refractivity contribution in [1.29, 1.82) is 0 Å². The Hall–Kier alpha value is -1.55. The number of carbonyl (C=O) groups excluding carboxylic acids is 1. The molecule has 0 spiro atoms. The molecule has 6 rings (SSSR count). The number of hydrogen-bond donors (Lipinski definition) is 0. The first-order valence-electron chi connectivity index (χ1n) is 14.4. The van der Waals surface area contributed by atoms with Crippen molar-refractivity contribution in [2.75, 3.05) is 37.6 Å². The van der Waals surface area contributed by atoms with Gasteiger partial charge in [0.2, 0.25) is 5.91 Å². The monoisotopic (exact) mass is 541 g/mol. The lowest BCUT2D eigenvalue weighted by Crippen LogP contribution is -2.63. The highest BCUT2D eigenvalue weighted by molar-refractivity contribution is 6.42. The molecule has 5 heteroatoms. The summed E-state index contributed by atoms with van der Waals surface area (Å²) in [6.07, 6.45) is 12.6. The van der Waals surface area contributed by atoms with E-state index in [-0.39, 0.29) is 11.8 Å². The highest BCUT2D eigenvalue weighted by Crippen LogP contribution is 2.53. The van der Waals surface area contributed by atoms with Crippen molar-refractivity contribution in [1.82, 2.24) is 0 Å². The number of fused-ring (bicyclic) bond motifs is 3. The molecule has 1 aliphatic carbocycles. The quantitative estimate of drug-likeness (QED) is 0.307. The van der Waals surface area contributed by atoms with Crippen molar-refractivity contribution in [3.05, 3.63) is 63.6 Å². The SMILES string of the molecule is CC(=O)N(CC(CC[N+]12CCC(C3CCCCC3)(CC1)CC2)c1ccc(Cl)c(Cl)c1)c1ccccc1C. The Bertz CT molecular complexity index is 1090. The normalized spacial score (nSPS) is 26.7. The van der Waals surface area contributed by atoms with Gasteiger partial charge in [0.25, 0.3) is 0 Å². The van der Waals surface area contributed by atoms with Gasteiger partial charge in [-0.3, -0.25) is 4.79 Å². The number of hydrogen-bond acceptors (Lipinski definition) is 1. The van der Waals surface area contributed by atoms with Crippen LogP contribution in [0.5, 0.6) is 0 Å². The number of para-hydroxylation sites is 1. The van der Waals surface area contributed by atoms with Crippen LogP contribution in [0.3, 0.4) is 0 Å². The maximum absolute atomic E-state index is 12.9. The number of rotatable bonds is 8. The van der Waals surface area contributed by atoms with E-state index in [1.165, 1.54) is 87.6 Å². The topological polar surface area (TPSA) is 20.3 Å². The lowest BCUT2D eigenvalue weighted by atomic mass is 9.59. The molecule has 37 heavy (non-hydrogen) atoms. The molecule has 0 radical (unpaired) electrons. The van der Waals surface area contributed by atoms with Gasteiger partial charge in [-0.1, -0.05) is 66.7 Å². The van der Waals surface area contributed by atoms with Crippen LogP contribution in [0.2, 0.25) is 10.0 Å². The maximum Gasteiger partial charge on any atom is 0.223 e. The fourth-order valence-electron chi connectivity index (χ4n) is 7.80. The van der Waals surface area contributed by atoms with Crippen LogP contribution in [0.25, 0.3) is 0 Å². The minimum absolute atomic E-state index is 0.0830. The second-order valence-corrected chi connectivity index (χ2v) is 13.1. The van der Waals surface area contributed by atoms with Crippen molar-refractivity contribution in [3.63, 3.8) is 0 Å². The molecule has 4 aliphatic rings. The molecule has 3 saturated heterocycles. The van der Waals surface area contributed by atoms with E-state index in [9.17, 15) is 4.79 Å². The van der Waals surface area contributed by atoms with E-state index >= 15 is 0 Å². The number of benzene rings is 2. The lowest BCUT2D eigenvalue weighted by molar-refractivity contribution is -0.946. The second kappa shape index (κ2) is 11.3. The maximum atomic E-state index is 12.9. The van der Waals surface area contributed by atoms with Crippen molar-refractivity contribution < 1.29 is 9.28 Å². The van der Waals surface area contributed by atoms with Crippen molar-refractivity contribution in [2.45, 2.75) is 77.6 Å². The smallest absolute Gasteiger partial charge is 0.223 e. The van der Waals surface area contributed by atoms with Crippen LogP contribution in [-0.2, 0) is 4.79 Å². The van der Waals surface area contributed by atoms with E-state index in [2.05, 4.69) is 25.1 Å². The first kappa shape index (κ1) is 27.0. The van der Waals surface area contributed by atoms with Gasteiger partial charge in [0, 0.05) is 50.8 Å². The number of nitrogens with zero attached hydrogens (tertiary/aromatic N) is 2. The molecule has 3 nitrogen and oxygen atoms in total. The molecule has 3 aliphatic heterocycles. The first-order valence-corrected chi connectivity index (χ1v) is 15.2. The molecular formula is C32H43Cl2N2O+. The van der Waals surface area contributed by atoms with Crippen LogP contribution in [0.1, 0.15) is 81.8 Å². The van der Waals surface area contributed by atoms with Crippen LogP contribution >= 0.6 is 23.2 Å². The van der Waals surface area contributed by atoms with Crippen LogP contribution in [-0.4, -0.2) is 43.1 Å². The van der Waals surface area contributed by atoms with Crippen molar-refractivity contribution >= 4 is 34.8 Å². The zero-order valence-corrected chi connectivity index (χ0v) is 24.2. The Morgan fingerprint density at radius 1 is 1.00 bits per heavy atom. The predicted molar refractivity (Wildman–Crippen MR) is 156 cm³/mol. The molecule has 0 N–H and O–H groups in total. The number of amides is 1. The van der Waals surface area contributed by atoms with Crippen LogP contribution in [0.15, 0.2) is 42.5 Å². The molecule has 1 amide bonds. The summed E-state index contributed by atoms with van der Waals surface area (Å²) >= 11 is 12.8. The van der Waals surface area contributed by atoms with Crippen LogP contribution < -0.4 is 4.90 Å². The molecule has 2 aromatic rings. The zero-order chi connectivity index (χ0) is 26.0. The zero-order valence-electron chi connectivity index (χ0n) is 22.7. The molecule has 1 unspecified atom stereocenters. The Morgan fingerprint density at radius 3 is 2.30 bits per heavy atom. The highest BCUT2D eigenvalue weighted by atomic mass is 35.5. The fraction of sp³-hybridized carbons (Fsp3) is 0.594. The molecule has 1 atom stereocenters. The molecule has 2 bridgehead atoms. The molecule has 1 saturated carbocycles. The molecule has 0 aromatic heterocycles. The summed E-state index contributed by atoms with van der Waals surface area (Å²) < 4.78 is 1.26. The summed E-state index contributed by atoms with van der Waals surface area (Å²) in [5.74, 6) is 1.27. The number of quaternary nitrogens is 1. The summed E-state index contributed by atoms with van der Waals surface area (Å²) in [7, 11) is 0. The number of carbonyl (C=O) groups is 1. The van der Waals surface area contributed by atoms with Gasteiger partial charge in [-0.25, -0.2) is 0 Å². The van der Waals surface area contributed by atoms with Gasteiger partial charge in [-0.2, -0.15) is 0 Å². The van der Waals surface area contributed by atoms with Gasteiger partial charge in [-0.05, 0) is 60.4 Å². The Labute approximate surface area is 233 Å². The molecule has 200 valence electrons. The summed E-state index contributed by atoms with van der Waals surface area (Å²) in [4.78, 5) is 14.8. The van der Waals surface area contributed by atoms with E-state index in [4.69, 9.17) is 23.2 Å². The van der Waals surface area contributed by atoms with E-state index in [0.717, 1.165) is 23.6 Å². The average Bonchev–Trinajstić information content (AvgIpc) is 2.92. The highest BCUT2D eigenvalue weighted by Gasteiger charge is 2.52. The van der Waals surface area contributed by atoms with Gasteiger partial charge in [0.15, 0.2) is 0 Å². The van der Waals surface area contributed by atoms with Crippen molar-refractivity contribution in [2.24, 2.45) is 11.3 Å². The first-order chi connectivity index (χ1) is 17.8. The number of anilines is 1. The summed E-state index contributed by atoms with van der Waals surface area (Å²) in [5, 5.41) is 1.18. The standard InChI is InChI=1S/C32H43Cl2N2O/c1-24-8-6-7-11-31(24)35(25(2)37)23-27(26-12-13-29(33)30(34)22-26)14-18-36-19-15-32(16-20-36,17-21-36)28-9-4-3-5-10-28/h6-8,11-13,22,27-28H,3-5,9-10,14-21,23H2,1-2H3/q+1. The number of piperidine rings is 3. The molecular weight excluding hydrogens is 499 g/mol. The predicted octanol–water partition coefficient (Wildman–Crippen LogP) is 8.41. The van der Waals surface area contributed by atoms with Gasteiger partial charge < -0.3 is 9.38 Å². The number of aryl methyl sites for hydroxylation is 1. The Balaban J connectivity index is 1.34. The third-order valence-electron chi connectivity index (χ3n) is 10.3. The van der Waals surface area contributed by atoms with Crippen molar-refractivity contribution in [3.8, 4) is 0 Å². The van der Waals surface area contributed by atoms with E-state index in [0.29, 0.717) is 22.0 Å². The van der Waals surface area contributed by atoms with Gasteiger partial charge >= 0.3 is 0 Å². The van der Waals surface area contributed by atoms with Crippen LogP contribution in [0.4, 0.5) is 5.69 Å². The van der Waals surface area contributed by atoms with E-state index < -0.39 is 0 Å².